The van der Waals surface area contributed by atoms with Crippen LogP contribution in [0.1, 0.15) is 39.3 Å². The molecule has 0 aliphatic carbocycles. The van der Waals surface area contributed by atoms with Crippen LogP contribution in [-0.2, 0) is 6.54 Å². The number of nitrogens with one attached hydrogen (secondary N) is 1. The van der Waals surface area contributed by atoms with Crippen LogP contribution in [0.2, 0.25) is 0 Å². The summed E-state index contributed by atoms with van der Waals surface area (Å²) in [6.45, 7) is 7.39. The highest BCUT2D eigenvalue weighted by atomic mass is 32.1. The van der Waals surface area contributed by atoms with Gasteiger partial charge in [-0.25, -0.2) is 9.37 Å². The molecule has 0 amide bonds. The van der Waals surface area contributed by atoms with E-state index in [2.05, 4.69) is 36.5 Å². The van der Waals surface area contributed by atoms with E-state index in [1.807, 2.05) is 0 Å². The van der Waals surface area contributed by atoms with Crippen molar-refractivity contribution in [3.63, 3.8) is 0 Å². The summed E-state index contributed by atoms with van der Waals surface area (Å²) in [6.07, 6.45) is 2.31. The molecule has 1 aromatic carbocycles. The Labute approximate surface area is 124 Å². The molecule has 0 aliphatic heterocycles. The molecule has 0 radical (unpaired) electrons. The average molecular weight is 292 g/mol. The second-order valence-corrected chi connectivity index (χ2v) is 6.50. The zero-order chi connectivity index (χ0) is 14.6. The number of thiazole rings is 1. The van der Waals surface area contributed by atoms with E-state index in [4.69, 9.17) is 0 Å². The lowest BCUT2D eigenvalue weighted by Gasteiger charge is -2.25. The van der Waals surface area contributed by atoms with Gasteiger partial charge in [0.2, 0.25) is 0 Å². The van der Waals surface area contributed by atoms with Crippen LogP contribution in [0.25, 0.3) is 10.6 Å². The summed E-state index contributed by atoms with van der Waals surface area (Å²) in [5.74, 6) is -0.214. The molecule has 0 aliphatic rings. The Kier molecular flexibility index (Phi) is 4.89. The molecular weight excluding hydrogens is 271 g/mol. The monoisotopic (exact) mass is 292 g/mol. The van der Waals surface area contributed by atoms with Crippen molar-refractivity contribution in [1.29, 1.82) is 0 Å². The zero-order valence-electron chi connectivity index (χ0n) is 12.2. The molecular formula is C16H21FN2S. The van der Waals surface area contributed by atoms with Crippen molar-refractivity contribution in [2.24, 2.45) is 0 Å². The average Bonchev–Trinajstić information content (AvgIpc) is 2.86. The number of rotatable bonds is 6. The van der Waals surface area contributed by atoms with Gasteiger partial charge in [-0.1, -0.05) is 13.3 Å². The minimum atomic E-state index is -0.214. The Morgan fingerprint density at radius 2 is 1.95 bits per heavy atom. The first-order valence-corrected chi connectivity index (χ1v) is 7.83. The molecule has 0 bridgehead atoms. The van der Waals surface area contributed by atoms with Crippen molar-refractivity contribution in [3.8, 4) is 10.6 Å². The van der Waals surface area contributed by atoms with Gasteiger partial charge in [-0.3, -0.25) is 0 Å². The Balaban J connectivity index is 2.00. The van der Waals surface area contributed by atoms with E-state index in [0.29, 0.717) is 0 Å². The van der Waals surface area contributed by atoms with Crippen molar-refractivity contribution in [2.75, 3.05) is 0 Å². The van der Waals surface area contributed by atoms with E-state index in [9.17, 15) is 4.39 Å². The second-order valence-electron chi connectivity index (χ2n) is 5.64. The SMILES string of the molecule is CCCC(C)(C)NCc1csc(-c2ccc(F)cc2)n1. The summed E-state index contributed by atoms with van der Waals surface area (Å²) >= 11 is 1.60. The van der Waals surface area contributed by atoms with Crippen molar-refractivity contribution < 1.29 is 4.39 Å². The highest BCUT2D eigenvalue weighted by Gasteiger charge is 2.16. The highest BCUT2D eigenvalue weighted by molar-refractivity contribution is 7.13. The molecule has 20 heavy (non-hydrogen) atoms. The first-order chi connectivity index (χ1) is 9.50. The Bertz CT molecular complexity index is 546. The number of hydrogen-bond donors (Lipinski definition) is 1. The summed E-state index contributed by atoms with van der Waals surface area (Å²) in [4.78, 5) is 4.61. The molecule has 2 aromatic rings. The van der Waals surface area contributed by atoms with Crippen LogP contribution >= 0.6 is 11.3 Å². The molecule has 1 aromatic heterocycles. The Hall–Kier alpha value is -1.26. The molecule has 0 spiro atoms. The van der Waals surface area contributed by atoms with Gasteiger partial charge in [-0.05, 0) is 44.5 Å². The third kappa shape index (κ3) is 4.12. The van der Waals surface area contributed by atoms with Crippen molar-refractivity contribution >= 4 is 11.3 Å². The van der Waals surface area contributed by atoms with Gasteiger partial charge < -0.3 is 5.32 Å². The summed E-state index contributed by atoms with van der Waals surface area (Å²) < 4.78 is 12.9. The number of hydrogen-bond acceptors (Lipinski definition) is 3. The number of halogens is 1. The molecule has 2 rings (SSSR count). The van der Waals surface area contributed by atoms with E-state index in [-0.39, 0.29) is 11.4 Å². The van der Waals surface area contributed by atoms with Gasteiger partial charge in [0, 0.05) is 23.0 Å². The van der Waals surface area contributed by atoms with E-state index >= 15 is 0 Å². The fourth-order valence-electron chi connectivity index (χ4n) is 2.16. The summed E-state index contributed by atoms with van der Waals surface area (Å²) in [6, 6.07) is 6.48. The third-order valence-corrected chi connectivity index (χ3v) is 4.21. The van der Waals surface area contributed by atoms with Gasteiger partial charge in [0.05, 0.1) is 5.69 Å². The Morgan fingerprint density at radius 1 is 1.25 bits per heavy atom. The van der Waals surface area contributed by atoms with Crippen LogP contribution < -0.4 is 5.32 Å². The second kappa shape index (κ2) is 6.46. The summed E-state index contributed by atoms with van der Waals surface area (Å²) in [5.41, 5.74) is 2.14. The third-order valence-electron chi connectivity index (χ3n) is 3.27. The molecule has 0 saturated heterocycles. The van der Waals surface area contributed by atoms with Gasteiger partial charge >= 0.3 is 0 Å². The highest BCUT2D eigenvalue weighted by Crippen LogP contribution is 2.24. The van der Waals surface area contributed by atoms with Gasteiger partial charge in [-0.2, -0.15) is 0 Å². The molecule has 4 heteroatoms. The van der Waals surface area contributed by atoms with Crippen LogP contribution in [0, 0.1) is 5.82 Å². The lowest BCUT2D eigenvalue weighted by atomic mass is 9.99. The largest absolute Gasteiger partial charge is 0.306 e. The molecule has 0 atom stereocenters. The van der Waals surface area contributed by atoms with Gasteiger partial charge in [-0.15, -0.1) is 11.3 Å². The molecule has 1 N–H and O–H groups in total. The quantitative estimate of drug-likeness (QED) is 0.840. The van der Waals surface area contributed by atoms with Crippen LogP contribution in [0.5, 0.6) is 0 Å². The normalized spacial score (nSPS) is 11.8. The van der Waals surface area contributed by atoms with E-state index in [1.165, 1.54) is 12.1 Å². The fraction of sp³-hybridized carbons (Fsp3) is 0.438. The van der Waals surface area contributed by atoms with Crippen molar-refractivity contribution in [2.45, 2.75) is 45.7 Å². The van der Waals surface area contributed by atoms with Gasteiger partial charge in [0.25, 0.3) is 0 Å². The van der Waals surface area contributed by atoms with Gasteiger partial charge in [0.15, 0.2) is 0 Å². The number of benzene rings is 1. The maximum atomic E-state index is 12.9. The number of aromatic nitrogens is 1. The van der Waals surface area contributed by atoms with E-state index < -0.39 is 0 Å². The zero-order valence-corrected chi connectivity index (χ0v) is 13.1. The predicted octanol–water partition coefficient (Wildman–Crippen LogP) is 4.62. The van der Waals surface area contributed by atoms with Crippen LogP contribution in [-0.4, -0.2) is 10.5 Å². The van der Waals surface area contributed by atoms with E-state index in [1.54, 1.807) is 23.5 Å². The topological polar surface area (TPSA) is 24.9 Å². The first kappa shape index (κ1) is 15.1. The summed E-state index contributed by atoms with van der Waals surface area (Å²) in [7, 11) is 0. The van der Waals surface area contributed by atoms with Crippen molar-refractivity contribution in [3.05, 3.63) is 41.2 Å². The summed E-state index contributed by atoms with van der Waals surface area (Å²) in [5, 5.41) is 6.54. The van der Waals surface area contributed by atoms with Gasteiger partial charge in [0.1, 0.15) is 10.8 Å². The lowest BCUT2D eigenvalue weighted by molar-refractivity contribution is 0.355. The van der Waals surface area contributed by atoms with E-state index in [0.717, 1.165) is 35.7 Å². The van der Waals surface area contributed by atoms with Crippen molar-refractivity contribution in [1.82, 2.24) is 10.3 Å². The maximum absolute atomic E-state index is 12.9. The lowest BCUT2D eigenvalue weighted by Crippen LogP contribution is -2.38. The first-order valence-electron chi connectivity index (χ1n) is 6.95. The molecule has 0 saturated carbocycles. The molecule has 0 unspecified atom stereocenters. The molecule has 108 valence electrons. The molecule has 1 heterocycles. The van der Waals surface area contributed by atoms with Crippen LogP contribution in [0.15, 0.2) is 29.6 Å². The predicted molar refractivity (Wildman–Crippen MR) is 83.3 cm³/mol. The Morgan fingerprint density at radius 3 is 2.60 bits per heavy atom. The fourth-order valence-corrected chi connectivity index (χ4v) is 2.98. The molecule has 2 nitrogen and oxygen atoms in total. The maximum Gasteiger partial charge on any atom is 0.123 e. The minimum absolute atomic E-state index is 0.133. The standard InChI is InChI=1S/C16H21FN2S/c1-4-9-16(2,3)18-10-14-11-20-15(19-14)12-5-7-13(17)8-6-12/h5-8,11,18H,4,9-10H2,1-3H3. The van der Waals surface area contributed by atoms with Crippen LogP contribution in [0.4, 0.5) is 4.39 Å². The van der Waals surface area contributed by atoms with Crippen LogP contribution in [0.3, 0.4) is 0 Å². The molecule has 0 fully saturated rings. The minimum Gasteiger partial charge on any atom is -0.306 e. The number of nitrogens with zero attached hydrogens (tertiary/aromatic N) is 1. The smallest absolute Gasteiger partial charge is 0.123 e.